The minimum absolute atomic E-state index is 0.657. The molecular formula is C16H17ClN2O2. The van der Waals surface area contributed by atoms with Crippen LogP contribution in [-0.4, -0.2) is 20.2 Å². The molecular weight excluding hydrogens is 288 g/mol. The summed E-state index contributed by atoms with van der Waals surface area (Å²) in [6, 6.07) is 11.4. The van der Waals surface area contributed by atoms with Crippen molar-refractivity contribution in [3.05, 3.63) is 47.0 Å². The van der Waals surface area contributed by atoms with E-state index in [4.69, 9.17) is 21.1 Å². The van der Waals surface area contributed by atoms with Crippen LogP contribution in [-0.2, 0) is 6.54 Å². The van der Waals surface area contributed by atoms with Crippen LogP contribution in [0.25, 0.3) is 0 Å². The van der Waals surface area contributed by atoms with E-state index in [1.54, 1.807) is 0 Å². The molecule has 5 heteroatoms. The topological polar surface area (TPSA) is 42.5 Å². The molecule has 2 aromatic rings. The van der Waals surface area contributed by atoms with Crippen LogP contribution in [0, 0.1) is 0 Å². The maximum atomic E-state index is 6.07. The normalized spacial score (nSPS) is 13.0. The van der Waals surface area contributed by atoms with Crippen LogP contribution in [0.3, 0.4) is 0 Å². The molecule has 0 saturated heterocycles. The smallest absolute Gasteiger partial charge is 0.142 e. The number of fused-ring (bicyclic) bond motifs is 1. The number of halogens is 1. The third-order valence-corrected chi connectivity index (χ3v) is 3.49. The molecule has 21 heavy (non-hydrogen) atoms. The zero-order valence-corrected chi connectivity index (χ0v) is 12.5. The Morgan fingerprint density at radius 3 is 3.05 bits per heavy atom. The Morgan fingerprint density at radius 2 is 2.19 bits per heavy atom. The summed E-state index contributed by atoms with van der Waals surface area (Å²) in [4.78, 5) is 0. The summed E-state index contributed by atoms with van der Waals surface area (Å²) in [5.41, 5.74) is 2.01. The lowest BCUT2D eigenvalue weighted by Gasteiger charge is -2.20. The fraction of sp³-hybridized carbons (Fsp3) is 0.250. The van der Waals surface area contributed by atoms with Gasteiger partial charge in [0, 0.05) is 29.7 Å². The minimum Gasteiger partial charge on any atom is -0.490 e. The molecule has 1 aliphatic heterocycles. The molecule has 0 spiro atoms. The maximum absolute atomic E-state index is 6.07. The third kappa shape index (κ3) is 3.23. The zero-order chi connectivity index (χ0) is 14.7. The highest BCUT2D eigenvalue weighted by atomic mass is 35.5. The first kappa shape index (κ1) is 14.0. The maximum Gasteiger partial charge on any atom is 0.142 e. The number of nitrogens with one attached hydrogen (secondary N) is 2. The van der Waals surface area contributed by atoms with Gasteiger partial charge in [-0.25, -0.2) is 0 Å². The third-order valence-electron chi connectivity index (χ3n) is 3.25. The Balaban J connectivity index is 1.87. The van der Waals surface area contributed by atoms with Crippen LogP contribution in [0.15, 0.2) is 36.4 Å². The Bertz CT molecular complexity index is 646. The highest BCUT2D eigenvalue weighted by Gasteiger charge is 2.12. The van der Waals surface area contributed by atoms with Gasteiger partial charge in [-0.2, -0.15) is 0 Å². The Hall–Kier alpha value is -1.91. The molecule has 3 rings (SSSR count). The van der Waals surface area contributed by atoms with Gasteiger partial charge < -0.3 is 20.1 Å². The fourth-order valence-electron chi connectivity index (χ4n) is 2.27. The molecule has 4 nitrogen and oxygen atoms in total. The first-order chi connectivity index (χ1) is 10.3. The molecule has 1 aliphatic rings. The van der Waals surface area contributed by atoms with E-state index >= 15 is 0 Å². The highest BCUT2D eigenvalue weighted by Crippen LogP contribution is 2.34. The second kappa shape index (κ2) is 6.24. The SMILES string of the molecule is CNCc1ccc(Cl)cc1Oc1ccc2c(c1)NCCO2. The van der Waals surface area contributed by atoms with Crippen LogP contribution in [0.5, 0.6) is 17.2 Å². The van der Waals surface area contributed by atoms with E-state index in [9.17, 15) is 0 Å². The average Bonchev–Trinajstić information content (AvgIpc) is 2.50. The molecule has 110 valence electrons. The van der Waals surface area contributed by atoms with Crippen molar-refractivity contribution in [2.24, 2.45) is 0 Å². The fourth-order valence-corrected chi connectivity index (χ4v) is 2.43. The van der Waals surface area contributed by atoms with Gasteiger partial charge in [-0.15, -0.1) is 0 Å². The molecule has 0 atom stereocenters. The lowest BCUT2D eigenvalue weighted by molar-refractivity contribution is 0.322. The van der Waals surface area contributed by atoms with Crippen LogP contribution in [0.4, 0.5) is 5.69 Å². The van der Waals surface area contributed by atoms with Crippen LogP contribution >= 0.6 is 11.6 Å². The largest absolute Gasteiger partial charge is 0.490 e. The van der Waals surface area contributed by atoms with Crippen molar-refractivity contribution >= 4 is 17.3 Å². The van der Waals surface area contributed by atoms with Crippen LogP contribution < -0.4 is 20.1 Å². The average molecular weight is 305 g/mol. The molecule has 0 bridgehead atoms. The van der Waals surface area contributed by atoms with Gasteiger partial charge in [0.05, 0.1) is 5.69 Å². The Labute approximate surface area is 129 Å². The summed E-state index contributed by atoms with van der Waals surface area (Å²) in [6.07, 6.45) is 0. The van der Waals surface area contributed by atoms with E-state index < -0.39 is 0 Å². The van der Waals surface area contributed by atoms with Crippen molar-refractivity contribution < 1.29 is 9.47 Å². The lowest BCUT2D eigenvalue weighted by atomic mass is 10.2. The summed E-state index contributed by atoms with van der Waals surface area (Å²) in [6.45, 7) is 2.21. The van der Waals surface area contributed by atoms with Gasteiger partial charge in [0.2, 0.25) is 0 Å². The first-order valence-electron chi connectivity index (χ1n) is 6.88. The quantitative estimate of drug-likeness (QED) is 0.904. The molecule has 2 N–H and O–H groups in total. The molecule has 0 fully saturated rings. The van der Waals surface area contributed by atoms with Gasteiger partial charge >= 0.3 is 0 Å². The van der Waals surface area contributed by atoms with Gasteiger partial charge in [0.1, 0.15) is 23.9 Å². The molecule has 0 radical (unpaired) electrons. The van der Waals surface area contributed by atoms with Crippen molar-refractivity contribution in [3.63, 3.8) is 0 Å². The molecule has 2 aromatic carbocycles. The van der Waals surface area contributed by atoms with Gasteiger partial charge in [-0.05, 0) is 31.3 Å². The first-order valence-corrected chi connectivity index (χ1v) is 7.25. The molecule has 0 saturated carbocycles. The van der Waals surface area contributed by atoms with E-state index in [0.29, 0.717) is 11.6 Å². The van der Waals surface area contributed by atoms with Crippen molar-refractivity contribution in [3.8, 4) is 17.2 Å². The van der Waals surface area contributed by atoms with E-state index in [0.717, 1.165) is 41.6 Å². The van der Waals surface area contributed by atoms with Gasteiger partial charge in [0.15, 0.2) is 0 Å². The summed E-state index contributed by atoms with van der Waals surface area (Å²) >= 11 is 6.07. The number of hydrogen-bond acceptors (Lipinski definition) is 4. The molecule has 0 aliphatic carbocycles. The second-order valence-electron chi connectivity index (χ2n) is 4.82. The molecule has 0 amide bonds. The van der Waals surface area contributed by atoms with E-state index in [-0.39, 0.29) is 0 Å². The van der Waals surface area contributed by atoms with Crippen LogP contribution in [0.1, 0.15) is 5.56 Å². The van der Waals surface area contributed by atoms with Gasteiger partial charge in [-0.1, -0.05) is 17.7 Å². The molecule has 0 aromatic heterocycles. The number of ether oxygens (including phenoxy) is 2. The standard InChI is InChI=1S/C16H17ClN2O2/c1-18-10-11-2-3-12(17)8-16(11)21-13-4-5-15-14(9-13)19-6-7-20-15/h2-5,8-9,18-19H,6-7,10H2,1H3. The van der Waals surface area contributed by atoms with Crippen molar-refractivity contribution in [1.82, 2.24) is 5.32 Å². The summed E-state index contributed by atoms with van der Waals surface area (Å²) in [5, 5.41) is 7.08. The van der Waals surface area contributed by atoms with E-state index in [1.165, 1.54) is 0 Å². The minimum atomic E-state index is 0.657. The second-order valence-corrected chi connectivity index (χ2v) is 5.25. The van der Waals surface area contributed by atoms with E-state index in [1.807, 2.05) is 43.4 Å². The highest BCUT2D eigenvalue weighted by molar-refractivity contribution is 6.30. The molecule has 1 heterocycles. The Kier molecular flexibility index (Phi) is 4.18. The van der Waals surface area contributed by atoms with Crippen molar-refractivity contribution in [2.45, 2.75) is 6.54 Å². The Morgan fingerprint density at radius 1 is 1.29 bits per heavy atom. The van der Waals surface area contributed by atoms with Crippen molar-refractivity contribution in [2.75, 3.05) is 25.5 Å². The summed E-state index contributed by atoms with van der Waals surface area (Å²) < 4.78 is 11.5. The number of hydrogen-bond donors (Lipinski definition) is 2. The zero-order valence-electron chi connectivity index (χ0n) is 11.8. The van der Waals surface area contributed by atoms with Crippen LogP contribution in [0.2, 0.25) is 5.02 Å². The number of anilines is 1. The number of rotatable bonds is 4. The van der Waals surface area contributed by atoms with Crippen molar-refractivity contribution in [1.29, 1.82) is 0 Å². The summed E-state index contributed by atoms with van der Waals surface area (Å²) in [7, 11) is 1.90. The van der Waals surface area contributed by atoms with E-state index in [2.05, 4.69) is 10.6 Å². The number of benzene rings is 2. The predicted octanol–water partition coefficient (Wildman–Crippen LogP) is 3.66. The van der Waals surface area contributed by atoms with Gasteiger partial charge in [0.25, 0.3) is 0 Å². The monoisotopic (exact) mass is 304 g/mol. The summed E-state index contributed by atoms with van der Waals surface area (Å²) in [5.74, 6) is 2.37. The molecule has 0 unspecified atom stereocenters. The predicted molar refractivity (Wildman–Crippen MR) is 84.7 cm³/mol. The van der Waals surface area contributed by atoms with Gasteiger partial charge in [-0.3, -0.25) is 0 Å². The lowest BCUT2D eigenvalue weighted by Crippen LogP contribution is -2.17.